The largest absolute Gasteiger partial charge is 0.326 e. The van der Waals surface area contributed by atoms with E-state index in [2.05, 4.69) is 4.98 Å². The lowest BCUT2D eigenvalue weighted by atomic mass is 9.98. The fourth-order valence-corrected chi connectivity index (χ4v) is 2.57. The van der Waals surface area contributed by atoms with E-state index in [-0.39, 0.29) is 11.9 Å². The van der Waals surface area contributed by atoms with Gasteiger partial charge in [0.1, 0.15) is 0 Å². The SMILES string of the molecule is Cc1ccc(C(=O)N2CC(N)Cc3ccccc32)cn1. The molecule has 3 rings (SSSR count). The zero-order chi connectivity index (χ0) is 14.1. The van der Waals surface area contributed by atoms with E-state index in [0.717, 1.165) is 23.4 Å². The van der Waals surface area contributed by atoms with Crippen molar-refractivity contribution < 1.29 is 4.79 Å². The molecule has 2 heterocycles. The predicted octanol–water partition coefficient (Wildman–Crippen LogP) is 1.92. The number of nitrogens with zero attached hydrogens (tertiary/aromatic N) is 2. The van der Waals surface area contributed by atoms with Crippen LogP contribution in [0.15, 0.2) is 42.6 Å². The second-order valence-corrected chi connectivity index (χ2v) is 5.20. The van der Waals surface area contributed by atoms with Crippen molar-refractivity contribution in [3.8, 4) is 0 Å². The summed E-state index contributed by atoms with van der Waals surface area (Å²) in [5.74, 6) is -0.0416. The Bertz CT molecular complexity index is 636. The van der Waals surface area contributed by atoms with E-state index in [9.17, 15) is 4.79 Å². The third-order valence-corrected chi connectivity index (χ3v) is 3.59. The van der Waals surface area contributed by atoms with E-state index in [1.54, 1.807) is 11.1 Å². The number of hydrogen-bond donors (Lipinski definition) is 1. The van der Waals surface area contributed by atoms with Crippen LogP contribution in [0.4, 0.5) is 5.69 Å². The van der Waals surface area contributed by atoms with Gasteiger partial charge in [0.15, 0.2) is 0 Å². The monoisotopic (exact) mass is 267 g/mol. The molecule has 1 unspecified atom stereocenters. The zero-order valence-corrected chi connectivity index (χ0v) is 11.4. The van der Waals surface area contributed by atoms with Gasteiger partial charge in [-0.25, -0.2) is 0 Å². The topological polar surface area (TPSA) is 59.2 Å². The Morgan fingerprint density at radius 3 is 2.85 bits per heavy atom. The van der Waals surface area contributed by atoms with Crippen LogP contribution < -0.4 is 10.6 Å². The molecule has 1 amide bonds. The first kappa shape index (κ1) is 12.8. The van der Waals surface area contributed by atoms with Crippen molar-refractivity contribution in [3.05, 3.63) is 59.4 Å². The first-order valence-electron chi connectivity index (χ1n) is 6.73. The fourth-order valence-electron chi connectivity index (χ4n) is 2.57. The first-order chi connectivity index (χ1) is 9.65. The van der Waals surface area contributed by atoms with Gasteiger partial charge in [-0.05, 0) is 37.1 Å². The lowest BCUT2D eigenvalue weighted by molar-refractivity contribution is 0.0983. The summed E-state index contributed by atoms with van der Waals surface area (Å²) in [6, 6.07) is 11.6. The van der Waals surface area contributed by atoms with Crippen LogP contribution in [0.2, 0.25) is 0 Å². The van der Waals surface area contributed by atoms with E-state index >= 15 is 0 Å². The molecule has 1 aliphatic rings. The van der Waals surface area contributed by atoms with Gasteiger partial charge in [0, 0.05) is 30.2 Å². The molecule has 2 aromatic rings. The molecule has 0 saturated carbocycles. The second kappa shape index (κ2) is 5.06. The van der Waals surface area contributed by atoms with Crippen LogP contribution in [0, 0.1) is 6.92 Å². The van der Waals surface area contributed by atoms with Gasteiger partial charge in [-0.3, -0.25) is 9.78 Å². The minimum Gasteiger partial charge on any atom is -0.326 e. The molecule has 0 spiro atoms. The van der Waals surface area contributed by atoms with Crippen LogP contribution >= 0.6 is 0 Å². The number of benzene rings is 1. The van der Waals surface area contributed by atoms with Gasteiger partial charge in [-0.2, -0.15) is 0 Å². The number of carbonyl (C=O) groups excluding carboxylic acids is 1. The normalized spacial score (nSPS) is 17.7. The summed E-state index contributed by atoms with van der Waals surface area (Å²) in [5, 5.41) is 0. The molecular formula is C16H17N3O. The number of aromatic nitrogens is 1. The minimum absolute atomic E-state index is 0.0211. The maximum atomic E-state index is 12.6. The van der Waals surface area contributed by atoms with Gasteiger partial charge < -0.3 is 10.6 Å². The molecule has 0 radical (unpaired) electrons. The average Bonchev–Trinajstić information content (AvgIpc) is 2.46. The predicted molar refractivity (Wildman–Crippen MR) is 78.8 cm³/mol. The third-order valence-electron chi connectivity index (χ3n) is 3.59. The molecule has 1 aromatic carbocycles. The summed E-state index contributed by atoms with van der Waals surface area (Å²) < 4.78 is 0. The van der Waals surface area contributed by atoms with Gasteiger partial charge in [0.25, 0.3) is 5.91 Å². The number of rotatable bonds is 1. The molecule has 102 valence electrons. The molecule has 4 heteroatoms. The molecule has 1 aliphatic heterocycles. The number of hydrogen-bond acceptors (Lipinski definition) is 3. The zero-order valence-electron chi connectivity index (χ0n) is 11.4. The van der Waals surface area contributed by atoms with E-state index in [4.69, 9.17) is 5.73 Å². The van der Waals surface area contributed by atoms with E-state index < -0.39 is 0 Å². The van der Waals surface area contributed by atoms with Crippen LogP contribution in [0.5, 0.6) is 0 Å². The molecule has 0 aliphatic carbocycles. The van der Waals surface area contributed by atoms with Crippen molar-refractivity contribution in [2.45, 2.75) is 19.4 Å². The number of aryl methyl sites for hydroxylation is 1. The molecule has 1 aromatic heterocycles. The smallest absolute Gasteiger partial charge is 0.259 e. The molecule has 1 atom stereocenters. The highest BCUT2D eigenvalue weighted by Gasteiger charge is 2.27. The average molecular weight is 267 g/mol. The van der Waals surface area contributed by atoms with Crippen molar-refractivity contribution in [2.24, 2.45) is 5.73 Å². The van der Waals surface area contributed by atoms with Crippen molar-refractivity contribution in [1.82, 2.24) is 4.98 Å². The lowest BCUT2D eigenvalue weighted by Gasteiger charge is -2.33. The molecule has 2 N–H and O–H groups in total. The van der Waals surface area contributed by atoms with E-state index in [0.29, 0.717) is 12.1 Å². The summed E-state index contributed by atoms with van der Waals surface area (Å²) in [7, 11) is 0. The number of amides is 1. The summed E-state index contributed by atoms with van der Waals surface area (Å²) in [6.45, 7) is 2.45. The van der Waals surface area contributed by atoms with Crippen LogP contribution in [-0.2, 0) is 6.42 Å². The van der Waals surface area contributed by atoms with Crippen LogP contribution in [-0.4, -0.2) is 23.5 Å². The Hall–Kier alpha value is -2.20. The van der Waals surface area contributed by atoms with Crippen molar-refractivity contribution in [3.63, 3.8) is 0 Å². The van der Waals surface area contributed by atoms with Gasteiger partial charge in [0.2, 0.25) is 0 Å². The van der Waals surface area contributed by atoms with Gasteiger partial charge >= 0.3 is 0 Å². The third kappa shape index (κ3) is 2.30. The highest BCUT2D eigenvalue weighted by atomic mass is 16.2. The standard InChI is InChI=1S/C16H17N3O/c1-11-6-7-13(9-18-11)16(20)19-10-14(17)8-12-4-2-3-5-15(12)19/h2-7,9,14H,8,10,17H2,1H3. The Labute approximate surface area is 118 Å². The maximum absolute atomic E-state index is 12.6. The summed E-state index contributed by atoms with van der Waals surface area (Å²) in [5.41, 5.74) is 9.65. The quantitative estimate of drug-likeness (QED) is 0.858. The van der Waals surface area contributed by atoms with Crippen molar-refractivity contribution in [2.75, 3.05) is 11.4 Å². The van der Waals surface area contributed by atoms with Crippen LogP contribution in [0.3, 0.4) is 0 Å². The molecule has 0 saturated heterocycles. The van der Waals surface area contributed by atoms with E-state index in [1.807, 2.05) is 43.3 Å². The Morgan fingerprint density at radius 1 is 1.30 bits per heavy atom. The number of nitrogens with two attached hydrogens (primary N) is 1. The lowest BCUT2D eigenvalue weighted by Crippen LogP contribution is -2.46. The summed E-state index contributed by atoms with van der Waals surface area (Å²) in [4.78, 5) is 18.6. The minimum atomic E-state index is -0.0416. The molecule has 4 nitrogen and oxygen atoms in total. The number of pyridine rings is 1. The molecule has 0 bridgehead atoms. The van der Waals surface area contributed by atoms with Crippen LogP contribution in [0.1, 0.15) is 21.6 Å². The summed E-state index contributed by atoms with van der Waals surface area (Å²) in [6.07, 6.45) is 2.44. The van der Waals surface area contributed by atoms with E-state index in [1.165, 1.54) is 0 Å². The van der Waals surface area contributed by atoms with Gasteiger partial charge in [0.05, 0.1) is 5.56 Å². The first-order valence-corrected chi connectivity index (χ1v) is 6.73. The fraction of sp³-hybridized carbons (Fsp3) is 0.250. The van der Waals surface area contributed by atoms with Crippen molar-refractivity contribution >= 4 is 11.6 Å². The molecule has 20 heavy (non-hydrogen) atoms. The van der Waals surface area contributed by atoms with Gasteiger partial charge in [-0.1, -0.05) is 18.2 Å². The second-order valence-electron chi connectivity index (χ2n) is 5.20. The molecular weight excluding hydrogens is 250 g/mol. The number of anilines is 1. The Kier molecular flexibility index (Phi) is 3.24. The highest BCUT2D eigenvalue weighted by Crippen LogP contribution is 2.27. The number of fused-ring (bicyclic) bond motifs is 1. The van der Waals surface area contributed by atoms with Crippen molar-refractivity contribution in [1.29, 1.82) is 0 Å². The Morgan fingerprint density at radius 2 is 2.10 bits per heavy atom. The van der Waals surface area contributed by atoms with Crippen LogP contribution in [0.25, 0.3) is 0 Å². The molecule has 0 fully saturated rings. The summed E-state index contributed by atoms with van der Waals surface area (Å²) >= 11 is 0. The number of para-hydroxylation sites is 1. The number of carbonyl (C=O) groups is 1. The van der Waals surface area contributed by atoms with Gasteiger partial charge in [-0.15, -0.1) is 0 Å². The highest BCUT2D eigenvalue weighted by molar-refractivity contribution is 6.06. The maximum Gasteiger partial charge on any atom is 0.259 e. The Balaban J connectivity index is 1.97.